The standard InChI is InChI=1S/C6H8Cl6/c7-2-1-3(8)4(9)5(10)6(11)12/h3-6H,1-2H2. The maximum absolute atomic E-state index is 5.86. The summed E-state index contributed by atoms with van der Waals surface area (Å²) in [5.74, 6) is 0.441. The minimum absolute atomic E-state index is 0.299. The van der Waals surface area contributed by atoms with Crippen molar-refractivity contribution in [3.05, 3.63) is 0 Å². The third kappa shape index (κ3) is 4.83. The summed E-state index contributed by atoms with van der Waals surface area (Å²) in [6, 6.07) is 0. The summed E-state index contributed by atoms with van der Waals surface area (Å²) in [6.45, 7) is 0. The van der Waals surface area contributed by atoms with E-state index in [4.69, 9.17) is 69.6 Å². The van der Waals surface area contributed by atoms with E-state index >= 15 is 0 Å². The molecule has 0 saturated carbocycles. The van der Waals surface area contributed by atoms with Gasteiger partial charge < -0.3 is 0 Å². The normalized spacial score (nSPS) is 19.2. The van der Waals surface area contributed by atoms with Crippen molar-refractivity contribution in [2.75, 3.05) is 5.88 Å². The Balaban J connectivity index is 3.90. The molecule has 0 bridgehead atoms. The minimum Gasteiger partial charge on any atom is -0.127 e. The number of halogens is 6. The van der Waals surface area contributed by atoms with Crippen LogP contribution in [0.4, 0.5) is 0 Å². The molecule has 0 aromatic rings. The van der Waals surface area contributed by atoms with E-state index in [1.54, 1.807) is 0 Å². The third-order valence-corrected chi connectivity index (χ3v) is 4.14. The van der Waals surface area contributed by atoms with E-state index in [1.165, 1.54) is 0 Å². The van der Waals surface area contributed by atoms with Gasteiger partial charge in [0.1, 0.15) is 4.84 Å². The Bertz CT molecular complexity index is 117. The maximum atomic E-state index is 5.86. The third-order valence-electron chi connectivity index (χ3n) is 1.28. The van der Waals surface area contributed by atoms with E-state index in [9.17, 15) is 0 Å². The number of rotatable bonds is 5. The predicted molar refractivity (Wildman–Crippen MR) is 59.8 cm³/mol. The quantitative estimate of drug-likeness (QED) is 0.665. The summed E-state index contributed by atoms with van der Waals surface area (Å²) >= 11 is 34.0. The molecule has 6 heteroatoms. The summed E-state index contributed by atoms with van der Waals surface area (Å²) in [4.78, 5) is -0.717. The molecule has 3 atom stereocenters. The number of hydrogen-bond donors (Lipinski definition) is 0. The van der Waals surface area contributed by atoms with Crippen molar-refractivity contribution in [3.8, 4) is 0 Å². The van der Waals surface area contributed by atoms with Gasteiger partial charge in [0.25, 0.3) is 0 Å². The topological polar surface area (TPSA) is 0 Å². The summed E-state index contributed by atoms with van der Waals surface area (Å²) in [5.41, 5.74) is 0. The van der Waals surface area contributed by atoms with Gasteiger partial charge in [0.15, 0.2) is 0 Å². The molecule has 0 rings (SSSR count). The first-order valence-corrected chi connectivity index (χ1v) is 5.98. The molecule has 0 saturated heterocycles. The fourth-order valence-corrected chi connectivity index (χ4v) is 2.20. The van der Waals surface area contributed by atoms with Gasteiger partial charge in [-0.2, -0.15) is 0 Å². The zero-order valence-electron chi connectivity index (χ0n) is 5.99. The van der Waals surface area contributed by atoms with Gasteiger partial charge in [0.05, 0.1) is 16.1 Å². The fourth-order valence-electron chi connectivity index (χ4n) is 0.602. The van der Waals surface area contributed by atoms with Crippen LogP contribution in [0, 0.1) is 0 Å². The van der Waals surface area contributed by atoms with Crippen LogP contribution in [0.15, 0.2) is 0 Å². The Kier molecular flexibility index (Phi) is 8.12. The number of hydrogen-bond acceptors (Lipinski definition) is 0. The van der Waals surface area contributed by atoms with Gasteiger partial charge in [0.2, 0.25) is 0 Å². The van der Waals surface area contributed by atoms with E-state index in [0.29, 0.717) is 12.3 Å². The van der Waals surface area contributed by atoms with Crippen molar-refractivity contribution >= 4 is 69.6 Å². The molecule has 0 aliphatic rings. The average molecular weight is 293 g/mol. The second-order valence-corrected chi connectivity index (χ2v) is 5.33. The fraction of sp³-hybridized carbons (Fsp3) is 1.00. The van der Waals surface area contributed by atoms with Crippen molar-refractivity contribution in [3.63, 3.8) is 0 Å². The van der Waals surface area contributed by atoms with Gasteiger partial charge in [-0.1, -0.05) is 0 Å². The van der Waals surface area contributed by atoms with Gasteiger partial charge in [-0.25, -0.2) is 0 Å². The van der Waals surface area contributed by atoms with Gasteiger partial charge in [-0.15, -0.1) is 69.6 Å². The SMILES string of the molecule is ClCCC(Cl)C(Cl)C(Cl)C(Cl)Cl. The van der Waals surface area contributed by atoms with E-state index in [1.807, 2.05) is 0 Å². The number of alkyl halides is 6. The van der Waals surface area contributed by atoms with Gasteiger partial charge in [0, 0.05) is 5.88 Å². The molecule has 0 fully saturated rings. The van der Waals surface area contributed by atoms with Crippen molar-refractivity contribution < 1.29 is 0 Å². The minimum atomic E-state index is -0.717. The van der Waals surface area contributed by atoms with Crippen LogP contribution >= 0.6 is 69.6 Å². The summed E-state index contributed by atoms with van der Waals surface area (Å²) in [7, 11) is 0. The highest BCUT2D eigenvalue weighted by molar-refractivity contribution is 6.50. The zero-order valence-corrected chi connectivity index (χ0v) is 10.5. The monoisotopic (exact) mass is 290 g/mol. The van der Waals surface area contributed by atoms with Crippen molar-refractivity contribution in [1.82, 2.24) is 0 Å². The Morgan fingerprint density at radius 2 is 1.33 bits per heavy atom. The van der Waals surface area contributed by atoms with Crippen molar-refractivity contribution in [2.45, 2.75) is 27.4 Å². The second-order valence-electron chi connectivity index (χ2n) is 2.22. The molecule has 0 aliphatic heterocycles. The molecule has 0 aromatic heterocycles. The smallest absolute Gasteiger partial charge is 0.125 e. The predicted octanol–water partition coefficient (Wildman–Crippen LogP) is 4.24. The van der Waals surface area contributed by atoms with Crippen LogP contribution in [-0.4, -0.2) is 26.8 Å². The highest BCUT2D eigenvalue weighted by atomic mass is 35.5. The molecular weight excluding hydrogens is 285 g/mol. The second kappa shape index (κ2) is 7.09. The molecule has 74 valence electrons. The molecule has 0 spiro atoms. The van der Waals surface area contributed by atoms with Crippen molar-refractivity contribution in [2.24, 2.45) is 0 Å². The first-order chi connectivity index (χ1) is 5.50. The summed E-state index contributed by atoms with van der Waals surface area (Å²) < 4.78 is 0. The lowest BCUT2D eigenvalue weighted by atomic mass is 10.2. The van der Waals surface area contributed by atoms with Crippen LogP contribution in [0.2, 0.25) is 0 Å². The zero-order chi connectivity index (χ0) is 9.72. The molecule has 0 nitrogen and oxygen atoms in total. The molecule has 0 amide bonds. The molecule has 0 heterocycles. The average Bonchev–Trinajstić information content (AvgIpc) is 2.02. The maximum Gasteiger partial charge on any atom is 0.125 e. The van der Waals surface area contributed by atoms with Gasteiger partial charge in [-0.05, 0) is 6.42 Å². The van der Waals surface area contributed by atoms with Crippen LogP contribution in [0.25, 0.3) is 0 Å². The molecule has 0 radical (unpaired) electrons. The van der Waals surface area contributed by atoms with Crippen LogP contribution in [0.3, 0.4) is 0 Å². The van der Waals surface area contributed by atoms with Crippen LogP contribution in [0.5, 0.6) is 0 Å². The van der Waals surface area contributed by atoms with E-state index in [2.05, 4.69) is 0 Å². The largest absolute Gasteiger partial charge is 0.127 e. The Labute approximate surface area is 102 Å². The highest BCUT2D eigenvalue weighted by Crippen LogP contribution is 2.27. The molecule has 3 unspecified atom stereocenters. The molecule has 12 heavy (non-hydrogen) atoms. The first kappa shape index (κ1) is 13.7. The molecule has 0 aliphatic carbocycles. The molecule has 0 N–H and O–H groups in total. The van der Waals surface area contributed by atoms with Crippen LogP contribution in [-0.2, 0) is 0 Å². The summed E-state index contributed by atoms with van der Waals surface area (Å²) in [6.07, 6.45) is 0.584. The Hall–Kier alpha value is 1.74. The lowest BCUT2D eigenvalue weighted by Gasteiger charge is -2.20. The van der Waals surface area contributed by atoms with Crippen LogP contribution in [0.1, 0.15) is 6.42 Å². The first-order valence-electron chi connectivity index (χ1n) is 3.27. The van der Waals surface area contributed by atoms with E-state index in [-0.39, 0.29) is 5.38 Å². The Morgan fingerprint density at radius 3 is 1.67 bits per heavy atom. The lowest BCUT2D eigenvalue weighted by molar-refractivity contribution is 0.719. The Morgan fingerprint density at radius 1 is 0.833 bits per heavy atom. The van der Waals surface area contributed by atoms with Gasteiger partial charge in [-0.3, -0.25) is 0 Å². The van der Waals surface area contributed by atoms with Crippen molar-refractivity contribution in [1.29, 1.82) is 0 Å². The van der Waals surface area contributed by atoms with E-state index < -0.39 is 15.6 Å². The lowest BCUT2D eigenvalue weighted by Crippen LogP contribution is -2.30. The van der Waals surface area contributed by atoms with E-state index in [0.717, 1.165) is 0 Å². The molecular formula is C6H8Cl6. The van der Waals surface area contributed by atoms with Gasteiger partial charge >= 0.3 is 0 Å². The molecule has 0 aromatic carbocycles. The highest BCUT2D eigenvalue weighted by Gasteiger charge is 2.28. The summed E-state index contributed by atoms with van der Waals surface area (Å²) in [5, 5.41) is -1.32. The van der Waals surface area contributed by atoms with Crippen LogP contribution < -0.4 is 0 Å².